The fraction of sp³-hybridized carbons (Fsp3) is 0.786. The average molecular weight is 295 g/mol. The number of nitrogen functional groups attached to an aromatic ring is 1. The van der Waals surface area contributed by atoms with E-state index in [0.717, 1.165) is 39.1 Å². The molecule has 0 bridgehead atoms. The third kappa shape index (κ3) is 5.34. The minimum atomic E-state index is 0.285. The fourth-order valence-electron chi connectivity index (χ4n) is 2.06. The van der Waals surface area contributed by atoms with Crippen molar-refractivity contribution in [1.82, 2.24) is 19.9 Å². The molecule has 21 heavy (non-hydrogen) atoms. The van der Waals surface area contributed by atoms with Gasteiger partial charge in [-0.25, -0.2) is 0 Å². The van der Waals surface area contributed by atoms with E-state index < -0.39 is 0 Å². The SMILES string of the molecule is CCCN(CCN(C)C)c1nc(N)nc(N(CC)CC)n1. The number of hydrogen-bond donors (Lipinski definition) is 1. The Balaban J connectivity index is 3.01. The van der Waals surface area contributed by atoms with Gasteiger partial charge in [0.05, 0.1) is 0 Å². The molecule has 7 nitrogen and oxygen atoms in total. The largest absolute Gasteiger partial charge is 0.368 e. The average Bonchev–Trinajstić information content (AvgIpc) is 2.44. The predicted molar refractivity (Wildman–Crippen MR) is 88.9 cm³/mol. The van der Waals surface area contributed by atoms with Crippen molar-refractivity contribution in [2.75, 3.05) is 62.4 Å². The van der Waals surface area contributed by atoms with Crippen molar-refractivity contribution < 1.29 is 0 Å². The Hall–Kier alpha value is -1.63. The van der Waals surface area contributed by atoms with Gasteiger partial charge in [0.2, 0.25) is 17.8 Å². The third-order valence-electron chi connectivity index (χ3n) is 3.27. The van der Waals surface area contributed by atoms with Crippen molar-refractivity contribution >= 4 is 17.8 Å². The van der Waals surface area contributed by atoms with Crippen LogP contribution in [0.25, 0.3) is 0 Å². The molecular formula is C14H29N7. The van der Waals surface area contributed by atoms with E-state index in [1.54, 1.807) is 0 Å². The highest BCUT2D eigenvalue weighted by Gasteiger charge is 2.14. The van der Waals surface area contributed by atoms with E-state index in [4.69, 9.17) is 5.73 Å². The number of likely N-dealkylation sites (N-methyl/N-ethyl adjacent to an activating group) is 1. The Labute approximate surface area is 128 Å². The summed E-state index contributed by atoms with van der Waals surface area (Å²) in [7, 11) is 4.13. The number of anilines is 3. The van der Waals surface area contributed by atoms with Crippen molar-refractivity contribution in [3.8, 4) is 0 Å². The standard InChI is InChI=1S/C14H29N7/c1-6-9-21(11-10-19(4)5)14-17-12(15)16-13(18-14)20(7-2)8-3/h6-11H2,1-5H3,(H2,15,16,17,18). The number of nitrogens with two attached hydrogens (primary N) is 1. The Morgan fingerprint density at radius 2 is 1.38 bits per heavy atom. The van der Waals surface area contributed by atoms with Crippen LogP contribution in [0.1, 0.15) is 27.2 Å². The monoisotopic (exact) mass is 295 g/mol. The highest BCUT2D eigenvalue weighted by molar-refractivity contribution is 5.43. The molecule has 0 aliphatic rings. The Kier molecular flexibility index (Phi) is 7.14. The van der Waals surface area contributed by atoms with Crippen LogP contribution in [0, 0.1) is 0 Å². The van der Waals surface area contributed by atoms with Crippen molar-refractivity contribution in [3.63, 3.8) is 0 Å². The van der Waals surface area contributed by atoms with E-state index in [-0.39, 0.29) is 5.95 Å². The molecule has 1 aromatic rings. The Morgan fingerprint density at radius 3 is 1.86 bits per heavy atom. The number of hydrogen-bond acceptors (Lipinski definition) is 7. The van der Waals surface area contributed by atoms with Crippen molar-refractivity contribution in [2.45, 2.75) is 27.2 Å². The van der Waals surface area contributed by atoms with Gasteiger partial charge in [0.1, 0.15) is 0 Å². The van der Waals surface area contributed by atoms with Crippen LogP contribution in [0.3, 0.4) is 0 Å². The molecule has 0 fully saturated rings. The highest BCUT2D eigenvalue weighted by Crippen LogP contribution is 2.15. The van der Waals surface area contributed by atoms with Crippen molar-refractivity contribution in [3.05, 3.63) is 0 Å². The van der Waals surface area contributed by atoms with E-state index in [2.05, 4.69) is 64.5 Å². The molecular weight excluding hydrogens is 266 g/mol. The van der Waals surface area contributed by atoms with Gasteiger partial charge in [-0.15, -0.1) is 0 Å². The fourth-order valence-corrected chi connectivity index (χ4v) is 2.06. The van der Waals surface area contributed by atoms with Gasteiger partial charge < -0.3 is 20.4 Å². The van der Waals surface area contributed by atoms with Gasteiger partial charge in [0, 0.05) is 32.7 Å². The Morgan fingerprint density at radius 1 is 0.810 bits per heavy atom. The maximum Gasteiger partial charge on any atom is 0.231 e. The number of rotatable bonds is 9. The minimum absolute atomic E-state index is 0.285. The summed E-state index contributed by atoms with van der Waals surface area (Å²) in [5.41, 5.74) is 5.87. The van der Waals surface area contributed by atoms with E-state index in [1.165, 1.54) is 0 Å². The molecule has 0 amide bonds. The number of nitrogens with zero attached hydrogens (tertiary/aromatic N) is 6. The van der Waals surface area contributed by atoms with Crippen LogP contribution in [0.5, 0.6) is 0 Å². The van der Waals surface area contributed by atoms with Crippen LogP contribution in [0.4, 0.5) is 17.8 Å². The maximum atomic E-state index is 5.87. The molecule has 120 valence electrons. The summed E-state index contributed by atoms with van der Waals surface area (Å²) in [6.45, 7) is 10.8. The smallest absolute Gasteiger partial charge is 0.231 e. The van der Waals surface area contributed by atoms with E-state index in [0.29, 0.717) is 11.9 Å². The zero-order chi connectivity index (χ0) is 15.8. The van der Waals surface area contributed by atoms with E-state index in [9.17, 15) is 0 Å². The first-order valence-electron chi connectivity index (χ1n) is 7.67. The quantitative estimate of drug-likeness (QED) is 0.730. The minimum Gasteiger partial charge on any atom is -0.368 e. The molecule has 0 unspecified atom stereocenters. The Bertz CT molecular complexity index is 418. The topological polar surface area (TPSA) is 74.4 Å². The molecule has 0 atom stereocenters. The molecule has 1 rings (SSSR count). The van der Waals surface area contributed by atoms with Gasteiger partial charge >= 0.3 is 0 Å². The van der Waals surface area contributed by atoms with Crippen LogP contribution in [0.2, 0.25) is 0 Å². The van der Waals surface area contributed by atoms with Crippen molar-refractivity contribution in [1.29, 1.82) is 0 Å². The molecule has 0 aliphatic carbocycles. The summed E-state index contributed by atoms with van der Waals surface area (Å²) >= 11 is 0. The summed E-state index contributed by atoms with van der Waals surface area (Å²) in [4.78, 5) is 19.6. The second-order valence-electron chi connectivity index (χ2n) is 5.26. The molecule has 1 heterocycles. The van der Waals surface area contributed by atoms with Crippen LogP contribution in [-0.4, -0.2) is 66.7 Å². The third-order valence-corrected chi connectivity index (χ3v) is 3.27. The summed E-state index contributed by atoms with van der Waals surface area (Å²) in [5.74, 6) is 1.62. The highest BCUT2D eigenvalue weighted by atomic mass is 15.4. The summed E-state index contributed by atoms with van der Waals surface area (Å²) < 4.78 is 0. The lowest BCUT2D eigenvalue weighted by Gasteiger charge is -2.25. The van der Waals surface area contributed by atoms with Crippen LogP contribution in [-0.2, 0) is 0 Å². The van der Waals surface area contributed by atoms with E-state index in [1.807, 2.05) is 0 Å². The summed E-state index contributed by atoms with van der Waals surface area (Å²) in [5, 5.41) is 0. The summed E-state index contributed by atoms with van der Waals surface area (Å²) in [6, 6.07) is 0. The van der Waals surface area contributed by atoms with Gasteiger partial charge in [-0.05, 0) is 34.4 Å². The second kappa shape index (κ2) is 8.61. The van der Waals surface area contributed by atoms with Gasteiger partial charge in [0.15, 0.2) is 0 Å². The zero-order valence-corrected chi connectivity index (χ0v) is 14.0. The summed E-state index contributed by atoms with van der Waals surface area (Å²) in [6.07, 6.45) is 1.04. The molecule has 0 saturated heterocycles. The molecule has 0 saturated carbocycles. The molecule has 0 spiro atoms. The van der Waals surface area contributed by atoms with Gasteiger partial charge in [-0.1, -0.05) is 6.92 Å². The zero-order valence-electron chi connectivity index (χ0n) is 14.0. The first-order valence-corrected chi connectivity index (χ1v) is 7.67. The lowest BCUT2D eigenvalue weighted by molar-refractivity contribution is 0.411. The first kappa shape index (κ1) is 17.4. The normalized spacial score (nSPS) is 11.0. The molecule has 0 aliphatic heterocycles. The first-order chi connectivity index (χ1) is 10.0. The van der Waals surface area contributed by atoms with Gasteiger partial charge in [0.25, 0.3) is 0 Å². The molecule has 2 N–H and O–H groups in total. The molecule has 0 radical (unpaired) electrons. The maximum absolute atomic E-state index is 5.87. The molecule has 0 aromatic carbocycles. The van der Waals surface area contributed by atoms with Crippen LogP contribution < -0.4 is 15.5 Å². The number of aromatic nitrogens is 3. The van der Waals surface area contributed by atoms with E-state index >= 15 is 0 Å². The van der Waals surface area contributed by atoms with Crippen LogP contribution in [0.15, 0.2) is 0 Å². The predicted octanol–water partition coefficient (Wildman–Crippen LogP) is 1.08. The second-order valence-corrected chi connectivity index (χ2v) is 5.26. The lowest BCUT2D eigenvalue weighted by Crippen LogP contribution is -2.34. The van der Waals surface area contributed by atoms with Crippen molar-refractivity contribution in [2.24, 2.45) is 0 Å². The lowest BCUT2D eigenvalue weighted by atomic mass is 10.4. The van der Waals surface area contributed by atoms with Gasteiger partial charge in [-0.2, -0.15) is 15.0 Å². The molecule has 7 heteroatoms. The van der Waals surface area contributed by atoms with Gasteiger partial charge in [-0.3, -0.25) is 0 Å². The molecule has 1 aromatic heterocycles. The van der Waals surface area contributed by atoms with Crippen LogP contribution >= 0.6 is 0 Å².